The number of aromatic nitrogens is 1. The Labute approximate surface area is 121 Å². The molecule has 0 bridgehead atoms. The molecule has 6 nitrogen and oxygen atoms in total. The lowest BCUT2D eigenvalue weighted by atomic mass is 10.3. The molecule has 114 valence electrons. The molecule has 0 aliphatic heterocycles. The highest BCUT2D eigenvalue weighted by Crippen LogP contribution is 2.11. The van der Waals surface area contributed by atoms with Crippen LogP contribution in [0.1, 0.15) is 23.8 Å². The van der Waals surface area contributed by atoms with Crippen LogP contribution in [0.5, 0.6) is 0 Å². The third-order valence-corrected chi connectivity index (χ3v) is 2.59. The van der Waals surface area contributed by atoms with Gasteiger partial charge >= 0.3 is 0 Å². The van der Waals surface area contributed by atoms with E-state index in [4.69, 9.17) is 4.79 Å². The molecule has 0 spiro atoms. The average molecular weight is 282 g/mol. The summed E-state index contributed by atoms with van der Waals surface area (Å²) in [6.07, 6.45) is 3.61. The number of carbonyl (C=O) groups excluding carboxylic acids is 2. The van der Waals surface area contributed by atoms with Crippen molar-refractivity contribution in [3.8, 4) is 0 Å². The maximum Gasteiger partial charge on any atom is 0.267 e. The number of rotatable bonds is 6. The van der Waals surface area contributed by atoms with Crippen molar-refractivity contribution in [1.29, 1.82) is 0 Å². The van der Waals surface area contributed by atoms with Gasteiger partial charge < -0.3 is 24.9 Å². The molecular weight excluding hydrogens is 256 g/mol. The fourth-order valence-corrected chi connectivity index (χ4v) is 1.61. The lowest BCUT2D eigenvalue weighted by molar-refractivity contribution is -0.106. The van der Waals surface area contributed by atoms with Gasteiger partial charge in [0.15, 0.2) is 0 Å². The number of nitrogens with one attached hydrogen (secondary N) is 2. The highest BCUT2D eigenvalue weighted by molar-refractivity contribution is 5.93. The Balaban J connectivity index is 0.00000110. The summed E-state index contributed by atoms with van der Waals surface area (Å²) in [5, 5.41) is 5.94. The predicted molar refractivity (Wildman–Crippen MR) is 82.2 cm³/mol. The molecule has 0 aliphatic carbocycles. The van der Waals surface area contributed by atoms with Gasteiger partial charge in [-0.1, -0.05) is 0 Å². The molecular formula is C14H26N4O2. The van der Waals surface area contributed by atoms with E-state index in [1.54, 1.807) is 0 Å². The van der Waals surface area contributed by atoms with Crippen molar-refractivity contribution in [3.63, 3.8) is 0 Å². The van der Waals surface area contributed by atoms with Gasteiger partial charge in [0.1, 0.15) is 12.0 Å². The van der Waals surface area contributed by atoms with Crippen molar-refractivity contribution in [2.45, 2.75) is 13.3 Å². The fraction of sp³-hybridized carbons (Fsp3) is 0.571. The first-order chi connectivity index (χ1) is 9.46. The van der Waals surface area contributed by atoms with E-state index in [1.807, 2.05) is 45.0 Å². The van der Waals surface area contributed by atoms with E-state index in [9.17, 15) is 4.79 Å². The van der Waals surface area contributed by atoms with Crippen LogP contribution in [0.3, 0.4) is 0 Å². The summed E-state index contributed by atoms with van der Waals surface area (Å²) in [6.45, 7) is 3.13. The third kappa shape index (κ3) is 6.94. The van der Waals surface area contributed by atoms with Crippen molar-refractivity contribution >= 4 is 17.9 Å². The number of aldehydes is 1. The van der Waals surface area contributed by atoms with Gasteiger partial charge in [-0.25, -0.2) is 0 Å². The van der Waals surface area contributed by atoms with E-state index in [0.717, 1.165) is 24.9 Å². The van der Waals surface area contributed by atoms with Crippen LogP contribution in [0, 0.1) is 0 Å². The van der Waals surface area contributed by atoms with Crippen LogP contribution >= 0.6 is 0 Å². The fourth-order valence-electron chi connectivity index (χ4n) is 1.61. The largest absolute Gasteiger partial charge is 0.387 e. The molecule has 0 unspecified atom stereocenters. The number of amides is 1. The Morgan fingerprint density at radius 2 is 2.05 bits per heavy atom. The third-order valence-electron chi connectivity index (χ3n) is 2.59. The molecule has 0 saturated heterocycles. The minimum absolute atomic E-state index is 0.0206. The van der Waals surface area contributed by atoms with Crippen LogP contribution in [0.15, 0.2) is 12.3 Å². The maximum absolute atomic E-state index is 11.9. The molecule has 0 radical (unpaired) electrons. The quantitative estimate of drug-likeness (QED) is 0.602. The average Bonchev–Trinajstić information content (AvgIpc) is 2.76. The summed E-state index contributed by atoms with van der Waals surface area (Å²) in [7, 11) is 7.76. The monoisotopic (exact) mass is 282 g/mol. The van der Waals surface area contributed by atoms with Crippen molar-refractivity contribution in [3.05, 3.63) is 18.0 Å². The summed E-state index contributed by atoms with van der Waals surface area (Å²) in [5.41, 5.74) is 1.63. The van der Waals surface area contributed by atoms with Crippen LogP contribution < -0.4 is 10.6 Å². The van der Waals surface area contributed by atoms with E-state index >= 15 is 0 Å². The zero-order valence-corrected chi connectivity index (χ0v) is 13.1. The minimum Gasteiger partial charge on any atom is -0.387 e. The van der Waals surface area contributed by atoms with Crippen LogP contribution in [0.2, 0.25) is 0 Å². The number of carbonyl (C=O) groups is 2. The van der Waals surface area contributed by atoms with E-state index in [2.05, 4.69) is 15.5 Å². The Morgan fingerprint density at radius 3 is 2.50 bits per heavy atom. The maximum atomic E-state index is 11.9. The summed E-state index contributed by atoms with van der Waals surface area (Å²) < 4.78 is 1.83. The molecule has 0 aliphatic rings. The molecule has 1 rings (SSSR count). The molecule has 1 amide bonds. The van der Waals surface area contributed by atoms with Crippen LogP contribution in [0.25, 0.3) is 0 Å². The van der Waals surface area contributed by atoms with Crippen LogP contribution in [-0.2, 0) is 11.8 Å². The van der Waals surface area contributed by atoms with Gasteiger partial charge in [0.05, 0.1) is 5.69 Å². The second-order valence-corrected chi connectivity index (χ2v) is 4.62. The number of anilines is 1. The number of hydrogen-bond acceptors (Lipinski definition) is 4. The van der Waals surface area contributed by atoms with Gasteiger partial charge in [0.2, 0.25) is 0 Å². The van der Waals surface area contributed by atoms with Crippen molar-refractivity contribution < 1.29 is 9.59 Å². The van der Waals surface area contributed by atoms with E-state index < -0.39 is 0 Å². The summed E-state index contributed by atoms with van der Waals surface area (Å²) in [5.74, 6) is -0.0206. The Hall–Kier alpha value is -1.82. The van der Waals surface area contributed by atoms with E-state index in [1.165, 1.54) is 6.92 Å². The highest BCUT2D eigenvalue weighted by atomic mass is 16.2. The molecule has 1 aromatic rings. The topological polar surface area (TPSA) is 66.4 Å². The Kier molecular flexibility index (Phi) is 9.11. The standard InChI is InChI=1S/C12H22N4O.C2H4O/c1-13-10-8-11(16(4)9-10)12(17)14-6-5-7-15(2)3;1-2-3/h8-9,13H,5-7H2,1-4H3,(H,14,17);2H,1H3. The van der Waals surface area contributed by atoms with Crippen LogP contribution in [0.4, 0.5) is 5.69 Å². The number of nitrogens with zero attached hydrogens (tertiary/aromatic N) is 2. The van der Waals surface area contributed by atoms with E-state index in [-0.39, 0.29) is 5.91 Å². The lowest BCUT2D eigenvalue weighted by Crippen LogP contribution is -2.28. The summed E-state index contributed by atoms with van der Waals surface area (Å²) in [4.78, 5) is 22.8. The molecule has 1 aromatic heterocycles. The molecule has 0 saturated carbocycles. The van der Waals surface area contributed by atoms with Crippen molar-refractivity contribution in [1.82, 2.24) is 14.8 Å². The van der Waals surface area contributed by atoms with Gasteiger partial charge in [0, 0.05) is 26.8 Å². The zero-order chi connectivity index (χ0) is 15.5. The first-order valence-corrected chi connectivity index (χ1v) is 6.63. The van der Waals surface area contributed by atoms with Crippen LogP contribution in [-0.4, -0.2) is 55.9 Å². The minimum atomic E-state index is -0.0206. The highest BCUT2D eigenvalue weighted by Gasteiger charge is 2.10. The Bertz CT molecular complexity index is 413. The molecule has 2 N–H and O–H groups in total. The Morgan fingerprint density at radius 1 is 1.45 bits per heavy atom. The molecule has 0 atom stereocenters. The number of hydrogen-bond donors (Lipinski definition) is 2. The first-order valence-electron chi connectivity index (χ1n) is 6.63. The second kappa shape index (κ2) is 10.0. The van der Waals surface area contributed by atoms with Gasteiger partial charge in [-0.2, -0.15) is 0 Å². The first kappa shape index (κ1) is 18.2. The second-order valence-electron chi connectivity index (χ2n) is 4.62. The van der Waals surface area contributed by atoms with Gasteiger partial charge in [0.25, 0.3) is 5.91 Å². The molecule has 6 heteroatoms. The smallest absolute Gasteiger partial charge is 0.267 e. The predicted octanol–water partition coefficient (Wildman–Crippen LogP) is 0.954. The van der Waals surface area contributed by atoms with Crippen molar-refractivity contribution in [2.24, 2.45) is 7.05 Å². The SMILES string of the molecule is CC=O.CNc1cc(C(=O)NCCCN(C)C)n(C)c1. The lowest BCUT2D eigenvalue weighted by Gasteiger charge is -2.10. The molecule has 20 heavy (non-hydrogen) atoms. The molecule has 0 fully saturated rings. The molecule has 0 aromatic carbocycles. The van der Waals surface area contributed by atoms with E-state index in [0.29, 0.717) is 12.2 Å². The zero-order valence-electron chi connectivity index (χ0n) is 13.1. The number of aryl methyl sites for hydroxylation is 1. The summed E-state index contributed by atoms with van der Waals surface area (Å²) >= 11 is 0. The summed E-state index contributed by atoms with van der Waals surface area (Å²) in [6, 6.07) is 1.85. The normalized spacial score (nSPS) is 9.70. The van der Waals surface area contributed by atoms with Gasteiger partial charge in [-0.15, -0.1) is 0 Å². The van der Waals surface area contributed by atoms with Gasteiger partial charge in [-0.05, 0) is 40.1 Å². The molecule has 1 heterocycles. The van der Waals surface area contributed by atoms with Crippen molar-refractivity contribution in [2.75, 3.05) is 39.5 Å². The van der Waals surface area contributed by atoms with Gasteiger partial charge in [-0.3, -0.25) is 4.79 Å².